The van der Waals surface area contributed by atoms with Crippen LogP contribution >= 0.6 is 0 Å². The summed E-state index contributed by atoms with van der Waals surface area (Å²) in [5.74, 6) is 0.562. The minimum atomic E-state index is -0.498. The molecule has 6 heteroatoms. The number of hydrogen-bond acceptors (Lipinski definition) is 5. The van der Waals surface area contributed by atoms with Crippen LogP contribution in [0.5, 0.6) is 5.75 Å². The van der Waals surface area contributed by atoms with E-state index in [1.54, 1.807) is 0 Å². The Kier molecular flexibility index (Phi) is 6.81. The molecule has 0 aromatic heterocycles. The van der Waals surface area contributed by atoms with Crippen LogP contribution in [0.25, 0.3) is 0 Å². The van der Waals surface area contributed by atoms with Crippen LogP contribution in [0.2, 0.25) is 0 Å². The molecular weight excluding hydrogens is 450 g/mol. The Hall–Kier alpha value is -3.98. The summed E-state index contributed by atoms with van der Waals surface area (Å²) in [4.78, 5) is 14.9. The number of rotatable bonds is 7. The zero-order valence-corrected chi connectivity index (χ0v) is 20.7. The molecule has 36 heavy (non-hydrogen) atoms. The van der Waals surface area contributed by atoms with Gasteiger partial charge in [-0.3, -0.25) is 5.32 Å². The first-order valence-electron chi connectivity index (χ1n) is 12.7. The molecule has 1 saturated carbocycles. The summed E-state index contributed by atoms with van der Waals surface area (Å²) in [5.41, 5.74) is 4.80. The molecule has 0 spiro atoms. The molecule has 1 N–H and O–H groups in total. The van der Waals surface area contributed by atoms with Crippen molar-refractivity contribution in [1.82, 2.24) is 0 Å². The van der Waals surface area contributed by atoms with Gasteiger partial charge in [-0.15, -0.1) is 0 Å². The molecule has 0 bridgehead atoms. The number of nitriles is 1. The molecule has 3 unspecified atom stereocenters. The second-order valence-corrected chi connectivity index (χ2v) is 9.40. The number of hydrogen-bond donors (Lipinski definition) is 1. The Morgan fingerprint density at radius 2 is 1.86 bits per heavy atom. The summed E-state index contributed by atoms with van der Waals surface area (Å²) < 4.78 is 11.3. The second kappa shape index (κ2) is 10.3. The lowest BCUT2D eigenvalue weighted by Crippen LogP contribution is -2.41. The van der Waals surface area contributed by atoms with Crippen molar-refractivity contribution in [3.05, 3.63) is 89.5 Å². The number of anilines is 2. The number of amides is 1. The maximum Gasteiger partial charge on any atom is 0.412 e. The fourth-order valence-electron chi connectivity index (χ4n) is 5.19. The monoisotopic (exact) mass is 481 g/mol. The van der Waals surface area contributed by atoms with Gasteiger partial charge >= 0.3 is 6.09 Å². The lowest BCUT2D eigenvalue weighted by atomic mass is 9.87. The van der Waals surface area contributed by atoms with Crippen molar-refractivity contribution in [1.29, 1.82) is 5.26 Å². The van der Waals surface area contributed by atoms with Crippen LogP contribution in [0.3, 0.4) is 0 Å². The van der Waals surface area contributed by atoms with Crippen LogP contribution < -0.4 is 15.0 Å². The number of nitrogens with one attached hydrogen (secondary N) is 1. The molecule has 1 fully saturated rings. The summed E-state index contributed by atoms with van der Waals surface area (Å²) in [6.45, 7) is 4.43. The van der Waals surface area contributed by atoms with Crippen molar-refractivity contribution in [2.45, 2.75) is 57.2 Å². The quantitative estimate of drug-likeness (QED) is 0.389. The molecule has 1 aliphatic carbocycles. The van der Waals surface area contributed by atoms with Crippen LogP contribution in [0, 0.1) is 11.3 Å². The van der Waals surface area contributed by atoms with Crippen molar-refractivity contribution in [3.8, 4) is 11.8 Å². The van der Waals surface area contributed by atoms with Gasteiger partial charge in [0.05, 0.1) is 24.6 Å². The first kappa shape index (κ1) is 23.7. The highest BCUT2D eigenvalue weighted by Crippen LogP contribution is 2.53. The normalized spacial score (nSPS) is 19.5. The Labute approximate surface area is 212 Å². The SMILES string of the molecule is CCOc1ccc2c(c1)N(C1CCC1)C(c1ccc(NC(=O)OC(C)c3ccccc3)cc1)C2C#N. The molecule has 184 valence electrons. The summed E-state index contributed by atoms with van der Waals surface area (Å²) in [5, 5.41) is 13.0. The van der Waals surface area contributed by atoms with E-state index in [4.69, 9.17) is 9.47 Å². The highest BCUT2D eigenvalue weighted by Gasteiger charge is 2.44. The predicted molar refractivity (Wildman–Crippen MR) is 140 cm³/mol. The average molecular weight is 482 g/mol. The van der Waals surface area contributed by atoms with E-state index in [1.165, 1.54) is 6.42 Å². The Balaban J connectivity index is 1.35. The zero-order chi connectivity index (χ0) is 25.1. The van der Waals surface area contributed by atoms with E-state index in [2.05, 4.69) is 22.4 Å². The van der Waals surface area contributed by atoms with Gasteiger partial charge in [-0.05, 0) is 68.0 Å². The number of carbonyl (C=O) groups excluding carboxylic acids is 1. The third kappa shape index (κ3) is 4.61. The van der Waals surface area contributed by atoms with Gasteiger partial charge < -0.3 is 14.4 Å². The van der Waals surface area contributed by atoms with Gasteiger partial charge in [-0.1, -0.05) is 48.5 Å². The third-order valence-electron chi connectivity index (χ3n) is 7.20. The van der Waals surface area contributed by atoms with E-state index in [1.807, 2.05) is 80.6 Å². The molecule has 0 saturated heterocycles. The molecule has 1 aliphatic heterocycles. The molecule has 6 nitrogen and oxygen atoms in total. The molecule has 3 aromatic rings. The maximum absolute atomic E-state index is 12.5. The molecule has 5 rings (SSSR count). The van der Waals surface area contributed by atoms with Crippen molar-refractivity contribution in [2.75, 3.05) is 16.8 Å². The van der Waals surface area contributed by atoms with Crippen LogP contribution in [0.1, 0.15) is 67.9 Å². The third-order valence-corrected chi connectivity index (χ3v) is 7.20. The van der Waals surface area contributed by atoms with Gasteiger partial charge in [0.1, 0.15) is 11.9 Å². The number of ether oxygens (including phenoxy) is 2. The minimum absolute atomic E-state index is 0.0775. The van der Waals surface area contributed by atoms with Crippen molar-refractivity contribution >= 4 is 17.5 Å². The summed E-state index contributed by atoms with van der Waals surface area (Å²) >= 11 is 0. The molecule has 1 amide bonds. The second-order valence-electron chi connectivity index (χ2n) is 9.40. The maximum atomic E-state index is 12.5. The molecule has 0 radical (unpaired) electrons. The number of fused-ring (bicyclic) bond motifs is 1. The van der Waals surface area contributed by atoms with Gasteiger partial charge in [0.25, 0.3) is 0 Å². The molecule has 3 atom stereocenters. The predicted octanol–water partition coefficient (Wildman–Crippen LogP) is 7.12. The van der Waals surface area contributed by atoms with Crippen LogP contribution in [0.15, 0.2) is 72.8 Å². The van der Waals surface area contributed by atoms with Gasteiger partial charge in [0.15, 0.2) is 0 Å². The number of carbonyl (C=O) groups is 1. The van der Waals surface area contributed by atoms with Crippen LogP contribution in [0.4, 0.5) is 16.2 Å². The van der Waals surface area contributed by atoms with E-state index in [9.17, 15) is 10.1 Å². The summed E-state index contributed by atoms with van der Waals surface area (Å²) in [6, 6.07) is 26.4. The lowest BCUT2D eigenvalue weighted by Gasteiger charge is -2.41. The lowest BCUT2D eigenvalue weighted by molar-refractivity contribution is 0.121. The van der Waals surface area contributed by atoms with Gasteiger partial charge in [-0.25, -0.2) is 4.79 Å². The first-order chi connectivity index (χ1) is 17.6. The van der Waals surface area contributed by atoms with Crippen molar-refractivity contribution in [3.63, 3.8) is 0 Å². The van der Waals surface area contributed by atoms with E-state index >= 15 is 0 Å². The fourth-order valence-corrected chi connectivity index (χ4v) is 5.19. The average Bonchev–Trinajstić information content (AvgIpc) is 3.17. The van der Waals surface area contributed by atoms with E-state index in [0.29, 0.717) is 18.3 Å². The van der Waals surface area contributed by atoms with Crippen LogP contribution in [-0.2, 0) is 4.74 Å². The Bertz CT molecular complexity index is 1250. The van der Waals surface area contributed by atoms with Crippen LogP contribution in [-0.4, -0.2) is 18.7 Å². The van der Waals surface area contributed by atoms with E-state index in [0.717, 1.165) is 41.0 Å². The first-order valence-corrected chi connectivity index (χ1v) is 12.7. The van der Waals surface area contributed by atoms with E-state index < -0.39 is 6.09 Å². The van der Waals surface area contributed by atoms with Gasteiger partial charge in [0.2, 0.25) is 0 Å². The Morgan fingerprint density at radius 1 is 1.11 bits per heavy atom. The van der Waals surface area contributed by atoms with Gasteiger partial charge in [-0.2, -0.15) is 5.26 Å². The summed E-state index contributed by atoms with van der Waals surface area (Å²) in [7, 11) is 0. The van der Waals surface area contributed by atoms with Crippen molar-refractivity contribution < 1.29 is 14.3 Å². The summed E-state index contributed by atoms with van der Waals surface area (Å²) in [6.07, 6.45) is 2.60. The fraction of sp³-hybridized carbons (Fsp3) is 0.333. The molecule has 2 aliphatic rings. The topological polar surface area (TPSA) is 74.6 Å². The highest BCUT2D eigenvalue weighted by molar-refractivity contribution is 5.84. The Morgan fingerprint density at radius 3 is 2.50 bits per heavy atom. The smallest absolute Gasteiger partial charge is 0.412 e. The highest BCUT2D eigenvalue weighted by atomic mass is 16.6. The number of benzene rings is 3. The van der Waals surface area contributed by atoms with Crippen molar-refractivity contribution in [2.24, 2.45) is 0 Å². The molecule has 3 aromatic carbocycles. The largest absolute Gasteiger partial charge is 0.494 e. The standard InChI is InChI=1S/C30H31N3O3/c1-3-35-25-16-17-26-27(19-31)29(33(28(26)18-25)24-10-7-11-24)22-12-14-23(15-13-22)32-30(34)36-20(2)21-8-5-4-6-9-21/h4-6,8-9,12-18,20,24,27,29H,3,7,10-11H2,1-2H3,(H,32,34). The molecular formula is C30H31N3O3. The number of nitrogens with zero attached hydrogens (tertiary/aromatic N) is 2. The van der Waals surface area contributed by atoms with E-state index in [-0.39, 0.29) is 18.1 Å². The van der Waals surface area contributed by atoms with Gasteiger partial charge in [0, 0.05) is 23.5 Å². The zero-order valence-electron chi connectivity index (χ0n) is 20.7. The molecule has 1 heterocycles. The minimum Gasteiger partial charge on any atom is -0.494 e.